The second-order valence-corrected chi connectivity index (χ2v) is 5.64. The minimum Gasteiger partial charge on any atom is -0.497 e. The van der Waals surface area contributed by atoms with Gasteiger partial charge in [-0.15, -0.1) is 0 Å². The maximum Gasteiger partial charge on any atom is 0.118 e. The van der Waals surface area contributed by atoms with Crippen LogP contribution in [0.25, 0.3) is 0 Å². The number of hydrogen-bond donors (Lipinski definition) is 1. The summed E-state index contributed by atoms with van der Waals surface area (Å²) in [6, 6.07) is 21.0. The van der Waals surface area contributed by atoms with Crippen LogP contribution >= 0.6 is 0 Å². The van der Waals surface area contributed by atoms with Crippen molar-refractivity contribution in [3.8, 4) is 5.75 Å². The van der Waals surface area contributed by atoms with E-state index in [1.54, 1.807) is 7.11 Å². The topological polar surface area (TPSA) is 34.1 Å². The first-order valence-corrected chi connectivity index (χ1v) is 8.19. The molecule has 0 radical (unpaired) electrons. The highest BCUT2D eigenvalue weighted by molar-refractivity contribution is 5.49. The standard InChI is InChI=1S/C21H22N2O/c1-3-23-19-10-6-16(7-11-19)21(18-5-4-14-22-15-18)17-8-12-20(24-2)13-9-17/h4-15,21,23H,3H2,1-2H3. The third kappa shape index (κ3) is 3.57. The molecule has 24 heavy (non-hydrogen) atoms. The van der Waals surface area contributed by atoms with Crippen molar-refractivity contribution < 1.29 is 4.74 Å². The van der Waals surface area contributed by atoms with E-state index in [1.165, 1.54) is 16.7 Å². The van der Waals surface area contributed by atoms with Gasteiger partial charge in [0.05, 0.1) is 7.11 Å². The van der Waals surface area contributed by atoms with E-state index in [4.69, 9.17) is 4.74 Å². The van der Waals surface area contributed by atoms with Gasteiger partial charge in [0, 0.05) is 30.5 Å². The SMILES string of the molecule is CCNc1ccc(C(c2ccc(OC)cc2)c2cccnc2)cc1. The van der Waals surface area contributed by atoms with Crippen molar-refractivity contribution in [3.63, 3.8) is 0 Å². The highest BCUT2D eigenvalue weighted by atomic mass is 16.5. The number of benzene rings is 2. The van der Waals surface area contributed by atoms with E-state index in [1.807, 2.05) is 30.6 Å². The van der Waals surface area contributed by atoms with Gasteiger partial charge in [0.2, 0.25) is 0 Å². The minimum absolute atomic E-state index is 0.153. The van der Waals surface area contributed by atoms with Gasteiger partial charge in [0.25, 0.3) is 0 Å². The molecule has 3 heteroatoms. The average Bonchev–Trinajstić information content (AvgIpc) is 2.65. The Morgan fingerprint density at radius 2 is 1.58 bits per heavy atom. The molecule has 0 spiro atoms. The number of pyridine rings is 1. The second-order valence-electron chi connectivity index (χ2n) is 5.64. The predicted molar refractivity (Wildman–Crippen MR) is 98.8 cm³/mol. The molecule has 0 bridgehead atoms. The Kier molecular flexibility index (Phi) is 5.12. The third-order valence-electron chi connectivity index (χ3n) is 4.09. The summed E-state index contributed by atoms with van der Waals surface area (Å²) in [5.41, 5.74) is 4.79. The summed E-state index contributed by atoms with van der Waals surface area (Å²) in [4.78, 5) is 4.30. The largest absolute Gasteiger partial charge is 0.497 e. The van der Waals surface area contributed by atoms with Gasteiger partial charge in [0.1, 0.15) is 5.75 Å². The number of methoxy groups -OCH3 is 1. The van der Waals surface area contributed by atoms with Gasteiger partial charge in [-0.25, -0.2) is 0 Å². The molecule has 3 nitrogen and oxygen atoms in total. The normalized spacial score (nSPS) is 11.8. The number of nitrogens with one attached hydrogen (secondary N) is 1. The summed E-state index contributed by atoms with van der Waals surface area (Å²) in [6.07, 6.45) is 3.75. The summed E-state index contributed by atoms with van der Waals surface area (Å²) in [5, 5.41) is 3.34. The third-order valence-corrected chi connectivity index (χ3v) is 4.09. The molecule has 1 aromatic heterocycles. The minimum atomic E-state index is 0.153. The van der Waals surface area contributed by atoms with E-state index >= 15 is 0 Å². The Bertz CT molecular complexity index is 752. The Morgan fingerprint density at radius 1 is 0.917 bits per heavy atom. The van der Waals surface area contributed by atoms with Gasteiger partial charge in [0.15, 0.2) is 0 Å². The fourth-order valence-corrected chi connectivity index (χ4v) is 2.92. The molecule has 0 saturated carbocycles. The van der Waals surface area contributed by atoms with Crippen molar-refractivity contribution in [1.82, 2.24) is 4.98 Å². The van der Waals surface area contributed by atoms with Crippen LogP contribution in [0, 0.1) is 0 Å². The zero-order valence-electron chi connectivity index (χ0n) is 14.1. The molecule has 1 N–H and O–H groups in total. The van der Waals surface area contributed by atoms with Crippen molar-refractivity contribution in [2.24, 2.45) is 0 Å². The van der Waals surface area contributed by atoms with Crippen LogP contribution in [0.2, 0.25) is 0 Å². The molecule has 0 aliphatic carbocycles. The predicted octanol–water partition coefficient (Wildman–Crippen LogP) is 4.70. The Labute approximate surface area is 143 Å². The van der Waals surface area contributed by atoms with E-state index in [0.717, 1.165) is 18.0 Å². The number of anilines is 1. The van der Waals surface area contributed by atoms with Crippen molar-refractivity contribution in [3.05, 3.63) is 89.7 Å². The molecule has 0 aliphatic rings. The quantitative estimate of drug-likeness (QED) is 0.715. The number of ether oxygens (including phenoxy) is 1. The van der Waals surface area contributed by atoms with E-state index < -0.39 is 0 Å². The van der Waals surface area contributed by atoms with Crippen molar-refractivity contribution in [2.75, 3.05) is 19.0 Å². The lowest BCUT2D eigenvalue weighted by molar-refractivity contribution is 0.414. The van der Waals surface area contributed by atoms with Crippen LogP contribution in [0.3, 0.4) is 0 Å². The smallest absolute Gasteiger partial charge is 0.118 e. The summed E-state index contributed by atoms with van der Waals surface area (Å²) in [7, 11) is 1.69. The van der Waals surface area contributed by atoms with Crippen molar-refractivity contribution >= 4 is 5.69 Å². The number of rotatable bonds is 6. The first kappa shape index (κ1) is 16.1. The molecule has 0 aliphatic heterocycles. The lowest BCUT2D eigenvalue weighted by atomic mass is 9.86. The number of hydrogen-bond acceptors (Lipinski definition) is 3. The van der Waals surface area contributed by atoms with Gasteiger partial charge >= 0.3 is 0 Å². The van der Waals surface area contributed by atoms with E-state index in [0.29, 0.717) is 0 Å². The molecule has 2 aromatic carbocycles. The van der Waals surface area contributed by atoms with Crippen LogP contribution in [-0.2, 0) is 0 Å². The molecule has 122 valence electrons. The molecule has 0 amide bonds. The first-order valence-electron chi connectivity index (χ1n) is 8.19. The molecule has 1 unspecified atom stereocenters. The molecular formula is C21H22N2O. The average molecular weight is 318 g/mol. The Morgan fingerprint density at radius 3 is 2.12 bits per heavy atom. The van der Waals surface area contributed by atoms with E-state index in [9.17, 15) is 0 Å². The lowest BCUT2D eigenvalue weighted by Crippen LogP contribution is -2.04. The number of aromatic nitrogens is 1. The molecule has 3 aromatic rings. The van der Waals surface area contributed by atoms with Crippen LogP contribution in [0.5, 0.6) is 5.75 Å². The van der Waals surface area contributed by atoms with Gasteiger partial charge in [-0.05, 0) is 53.9 Å². The maximum absolute atomic E-state index is 5.28. The molecule has 1 atom stereocenters. The number of nitrogens with zero attached hydrogens (tertiary/aromatic N) is 1. The Hall–Kier alpha value is -2.81. The second kappa shape index (κ2) is 7.64. The van der Waals surface area contributed by atoms with Gasteiger partial charge < -0.3 is 10.1 Å². The van der Waals surface area contributed by atoms with Crippen LogP contribution in [-0.4, -0.2) is 18.6 Å². The highest BCUT2D eigenvalue weighted by Gasteiger charge is 2.17. The molecular weight excluding hydrogens is 296 g/mol. The van der Waals surface area contributed by atoms with Gasteiger partial charge in [-0.1, -0.05) is 30.3 Å². The van der Waals surface area contributed by atoms with Gasteiger partial charge in [-0.2, -0.15) is 0 Å². The van der Waals surface area contributed by atoms with Crippen LogP contribution < -0.4 is 10.1 Å². The lowest BCUT2D eigenvalue weighted by Gasteiger charge is -2.19. The first-order chi connectivity index (χ1) is 11.8. The fourth-order valence-electron chi connectivity index (χ4n) is 2.92. The van der Waals surface area contributed by atoms with Crippen LogP contribution in [0.1, 0.15) is 29.5 Å². The summed E-state index contributed by atoms with van der Waals surface area (Å²) < 4.78 is 5.28. The molecule has 3 rings (SSSR count). The zero-order chi connectivity index (χ0) is 16.8. The summed E-state index contributed by atoms with van der Waals surface area (Å²) >= 11 is 0. The van der Waals surface area contributed by atoms with Crippen LogP contribution in [0.4, 0.5) is 5.69 Å². The van der Waals surface area contributed by atoms with E-state index in [2.05, 4.69) is 59.7 Å². The fraction of sp³-hybridized carbons (Fsp3) is 0.190. The molecule has 0 saturated heterocycles. The van der Waals surface area contributed by atoms with E-state index in [-0.39, 0.29) is 5.92 Å². The van der Waals surface area contributed by atoms with Crippen molar-refractivity contribution in [1.29, 1.82) is 0 Å². The van der Waals surface area contributed by atoms with Gasteiger partial charge in [-0.3, -0.25) is 4.98 Å². The van der Waals surface area contributed by atoms with Crippen LogP contribution in [0.15, 0.2) is 73.1 Å². The highest BCUT2D eigenvalue weighted by Crippen LogP contribution is 2.33. The maximum atomic E-state index is 5.28. The summed E-state index contributed by atoms with van der Waals surface area (Å²) in [6.45, 7) is 3.02. The summed E-state index contributed by atoms with van der Waals surface area (Å²) in [5.74, 6) is 1.02. The van der Waals surface area contributed by atoms with Crippen molar-refractivity contribution in [2.45, 2.75) is 12.8 Å². The Balaban J connectivity index is 2.01. The monoisotopic (exact) mass is 318 g/mol. The molecule has 0 fully saturated rings. The molecule has 1 heterocycles. The zero-order valence-corrected chi connectivity index (χ0v) is 14.1.